The zero-order valence-electron chi connectivity index (χ0n) is 9.73. The number of rotatable bonds is 0. The Morgan fingerprint density at radius 1 is 1.00 bits per heavy atom. The Kier molecular flexibility index (Phi) is 4.55. The lowest BCUT2D eigenvalue weighted by atomic mass is 10.2. The van der Waals surface area contributed by atoms with Gasteiger partial charge in [0.25, 0.3) is 0 Å². The van der Waals surface area contributed by atoms with Crippen molar-refractivity contribution in [2.24, 2.45) is 0 Å². The third-order valence-corrected chi connectivity index (χ3v) is 2.38. The molecule has 0 saturated carbocycles. The molecule has 2 aromatic rings. The monoisotopic (exact) mass is 253 g/mol. The maximum Gasteiger partial charge on any atom is 0.135 e. The summed E-state index contributed by atoms with van der Waals surface area (Å²) in [6, 6.07) is 5.24. The molecular formula is C13H13F2NO2. The lowest BCUT2D eigenvalue weighted by Gasteiger charge is -2.09. The fourth-order valence-electron chi connectivity index (χ4n) is 1.55. The Labute approximate surface area is 103 Å². The summed E-state index contributed by atoms with van der Waals surface area (Å²) in [7, 11) is 0. The molecule has 2 heterocycles. The first kappa shape index (κ1) is 12.9. The van der Waals surface area contributed by atoms with Crippen LogP contribution in [-0.2, 0) is 9.47 Å². The number of halogens is 2. The molecule has 1 aromatic heterocycles. The number of fused-ring (bicyclic) bond motifs is 1. The van der Waals surface area contributed by atoms with Crippen molar-refractivity contribution in [1.29, 1.82) is 0 Å². The second-order valence-corrected chi connectivity index (χ2v) is 3.68. The van der Waals surface area contributed by atoms with E-state index in [4.69, 9.17) is 9.47 Å². The highest BCUT2D eigenvalue weighted by Crippen LogP contribution is 2.16. The fraction of sp³-hybridized carbons (Fsp3) is 0.308. The van der Waals surface area contributed by atoms with Crippen LogP contribution in [0.5, 0.6) is 0 Å². The number of hydrogen-bond acceptors (Lipinski definition) is 3. The van der Waals surface area contributed by atoms with Gasteiger partial charge < -0.3 is 9.47 Å². The average molecular weight is 253 g/mol. The van der Waals surface area contributed by atoms with Gasteiger partial charge in [0, 0.05) is 23.7 Å². The normalized spacial score (nSPS) is 15.0. The predicted octanol–water partition coefficient (Wildman–Crippen LogP) is 2.55. The Balaban J connectivity index is 0.000000169. The van der Waals surface area contributed by atoms with Gasteiger partial charge in [0.2, 0.25) is 0 Å². The van der Waals surface area contributed by atoms with Crippen LogP contribution in [0, 0.1) is 11.6 Å². The van der Waals surface area contributed by atoms with Crippen molar-refractivity contribution >= 4 is 10.9 Å². The van der Waals surface area contributed by atoms with E-state index in [1.54, 1.807) is 12.1 Å². The average Bonchev–Trinajstić information content (AvgIpc) is 2.41. The highest BCUT2D eigenvalue weighted by molar-refractivity contribution is 5.78. The van der Waals surface area contributed by atoms with E-state index in [9.17, 15) is 8.78 Å². The van der Waals surface area contributed by atoms with Gasteiger partial charge in [-0.1, -0.05) is 0 Å². The molecular weight excluding hydrogens is 240 g/mol. The minimum Gasteiger partial charge on any atom is -0.377 e. The summed E-state index contributed by atoms with van der Waals surface area (Å²) in [6.45, 7) is 3.11. The van der Waals surface area contributed by atoms with Crippen molar-refractivity contribution in [3.63, 3.8) is 0 Å². The number of ether oxygens (including phenoxy) is 2. The highest BCUT2D eigenvalue weighted by atomic mass is 19.1. The summed E-state index contributed by atoms with van der Waals surface area (Å²) < 4.78 is 35.5. The summed E-state index contributed by atoms with van der Waals surface area (Å²) in [5, 5.41) is 0.346. The number of nitrogens with zero attached hydrogens (tertiary/aromatic N) is 1. The number of aromatic nitrogens is 1. The molecule has 0 spiro atoms. The zero-order chi connectivity index (χ0) is 12.8. The molecule has 0 bridgehead atoms. The Morgan fingerprint density at radius 3 is 2.28 bits per heavy atom. The van der Waals surface area contributed by atoms with Crippen LogP contribution in [0.1, 0.15) is 0 Å². The Morgan fingerprint density at radius 2 is 1.67 bits per heavy atom. The smallest absolute Gasteiger partial charge is 0.135 e. The molecule has 96 valence electrons. The molecule has 0 unspecified atom stereocenters. The molecule has 1 aliphatic heterocycles. The molecule has 3 rings (SSSR count). The van der Waals surface area contributed by atoms with Gasteiger partial charge in [-0.3, -0.25) is 4.98 Å². The maximum absolute atomic E-state index is 13.0. The van der Waals surface area contributed by atoms with Gasteiger partial charge in [-0.15, -0.1) is 0 Å². The second-order valence-electron chi connectivity index (χ2n) is 3.68. The number of pyridine rings is 1. The van der Waals surface area contributed by atoms with Crippen LogP contribution in [0.4, 0.5) is 8.78 Å². The first-order valence-electron chi connectivity index (χ1n) is 5.62. The van der Waals surface area contributed by atoms with Gasteiger partial charge >= 0.3 is 0 Å². The van der Waals surface area contributed by atoms with Crippen molar-refractivity contribution < 1.29 is 18.3 Å². The van der Waals surface area contributed by atoms with Crippen LogP contribution >= 0.6 is 0 Å². The third-order valence-electron chi connectivity index (χ3n) is 2.38. The minimum atomic E-state index is -0.598. The van der Waals surface area contributed by atoms with Crippen molar-refractivity contribution in [2.45, 2.75) is 0 Å². The topological polar surface area (TPSA) is 31.4 Å². The number of benzene rings is 1. The van der Waals surface area contributed by atoms with Gasteiger partial charge in [0.15, 0.2) is 0 Å². The summed E-state index contributed by atoms with van der Waals surface area (Å²) in [5.41, 5.74) is 0.343. The van der Waals surface area contributed by atoms with Crippen LogP contribution in [0.2, 0.25) is 0 Å². The molecule has 0 atom stereocenters. The summed E-state index contributed by atoms with van der Waals surface area (Å²) in [5.74, 6) is -1.17. The van der Waals surface area contributed by atoms with E-state index in [0.29, 0.717) is 10.9 Å². The molecule has 5 heteroatoms. The Bertz CT molecular complexity index is 504. The van der Waals surface area contributed by atoms with Gasteiger partial charge in [-0.05, 0) is 12.1 Å². The van der Waals surface area contributed by atoms with Crippen LogP contribution in [0.25, 0.3) is 10.9 Å². The Hall–Kier alpha value is -1.59. The lowest BCUT2D eigenvalue weighted by molar-refractivity contribution is -0.0334. The first-order valence-corrected chi connectivity index (χ1v) is 5.62. The van der Waals surface area contributed by atoms with Crippen molar-refractivity contribution in [3.8, 4) is 0 Å². The van der Waals surface area contributed by atoms with Gasteiger partial charge in [-0.25, -0.2) is 8.78 Å². The van der Waals surface area contributed by atoms with Crippen molar-refractivity contribution in [2.75, 3.05) is 26.4 Å². The summed E-state index contributed by atoms with van der Waals surface area (Å²) >= 11 is 0. The quantitative estimate of drug-likeness (QED) is 0.723. The molecule has 1 aromatic carbocycles. The molecule has 0 N–H and O–H groups in total. The largest absolute Gasteiger partial charge is 0.377 e. The summed E-state index contributed by atoms with van der Waals surface area (Å²) in [4.78, 5) is 3.82. The number of hydrogen-bond donors (Lipinski definition) is 0. The standard InChI is InChI=1S/C9H5F2N.C4H8O2/c10-6-4-8(11)7-2-1-3-12-9(7)5-6;1-2-6-4-3-5-1/h1-5H;1-4H2. The van der Waals surface area contributed by atoms with E-state index < -0.39 is 11.6 Å². The minimum absolute atomic E-state index is 0.343. The zero-order valence-corrected chi connectivity index (χ0v) is 9.73. The molecule has 3 nitrogen and oxygen atoms in total. The molecule has 0 radical (unpaired) electrons. The van der Waals surface area contributed by atoms with Gasteiger partial charge in [0.1, 0.15) is 11.6 Å². The molecule has 18 heavy (non-hydrogen) atoms. The first-order chi connectivity index (χ1) is 8.77. The van der Waals surface area contributed by atoms with E-state index in [1.165, 1.54) is 12.3 Å². The molecule has 1 aliphatic rings. The second kappa shape index (κ2) is 6.37. The third kappa shape index (κ3) is 3.45. The molecule has 1 saturated heterocycles. The summed E-state index contributed by atoms with van der Waals surface area (Å²) in [6.07, 6.45) is 1.50. The van der Waals surface area contributed by atoms with Crippen molar-refractivity contribution in [1.82, 2.24) is 4.98 Å². The molecule has 0 amide bonds. The SMILES string of the molecule is C1COCCO1.Fc1cc(F)c2cccnc2c1. The van der Waals surface area contributed by atoms with Crippen molar-refractivity contribution in [3.05, 3.63) is 42.1 Å². The fourth-order valence-corrected chi connectivity index (χ4v) is 1.55. The van der Waals surface area contributed by atoms with E-state index in [2.05, 4.69) is 4.98 Å². The van der Waals surface area contributed by atoms with Crippen LogP contribution in [0.3, 0.4) is 0 Å². The van der Waals surface area contributed by atoms with E-state index in [0.717, 1.165) is 32.5 Å². The lowest BCUT2D eigenvalue weighted by Crippen LogP contribution is -2.16. The van der Waals surface area contributed by atoms with Crippen LogP contribution in [0.15, 0.2) is 30.5 Å². The van der Waals surface area contributed by atoms with Gasteiger partial charge in [0.05, 0.1) is 31.9 Å². The van der Waals surface area contributed by atoms with Crippen LogP contribution in [-0.4, -0.2) is 31.4 Å². The highest BCUT2D eigenvalue weighted by Gasteiger charge is 2.02. The van der Waals surface area contributed by atoms with E-state index in [1.807, 2.05) is 0 Å². The van der Waals surface area contributed by atoms with Crippen LogP contribution < -0.4 is 0 Å². The molecule has 0 aliphatic carbocycles. The maximum atomic E-state index is 13.0. The van der Waals surface area contributed by atoms with E-state index in [-0.39, 0.29) is 0 Å². The predicted molar refractivity (Wildman–Crippen MR) is 63.3 cm³/mol. The van der Waals surface area contributed by atoms with E-state index >= 15 is 0 Å². The van der Waals surface area contributed by atoms with Gasteiger partial charge in [-0.2, -0.15) is 0 Å². The molecule has 1 fully saturated rings.